The second-order valence-corrected chi connectivity index (χ2v) is 10.4. The summed E-state index contributed by atoms with van der Waals surface area (Å²) < 4.78 is 54.2. The highest BCUT2D eigenvalue weighted by molar-refractivity contribution is 7.91. The number of ether oxygens (including phenoxy) is 1. The average Bonchev–Trinajstić information content (AvgIpc) is 2.70. The van der Waals surface area contributed by atoms with Gasteiger partial charge in [0.1, 0.15) is 4.90 Å². The van der Waals surface area contributed by atoms with Gasteiger partial charge in [-0.05, 0) is 24.1 Å². The first kappa shape index (κ1) is 24.8. The molecule has 0 bridgehead atoms. The number of nitrogens with two attached hydrogens (primary N) is 1. The van der Waals surface area contributed by atoms with Gasteiger partial charge in [0.25, 0.3) is 5.91 Å². The molecule has 0 radical (unpaired) electrons. The Kier molecular flexibility index (Phi) is 8.18. The number of esters is 1. The first-order valence-electron chi connectivity index (χ1n) is 8.93. The van der Waals surface area contributed by atoms with E-state index in [1.54, 1.807) is 30.3 Å². The van der Waals surface area contributed by atoms with Crippen LogP contribution in [0.3, 0.4) is 0 Å². The summed E-state index contributed by atoms with van der Waals surface area (Å²) in [5, 5.41) is 7.18. The van der Waals surface area contributed by atoms with Crippen molar-refractivity contribution in [1.29, 1.82) is 0 Å². The van der Waals surface area contributed by atoms with Gasteiger partial charge in [0, 0.05) is 13.0 Å². The van der Waals surface area contributed by atoms with Gasteiger partial charge in [0.15, 0.2) is 9.84 Å². The van der Waals surface area contributed by atoms with E-state index < -0.39 is 57.9 Å². The summed E-state index contributed by atoms with van der Waals surface area (Å²) in [5.74, 6) is -1.75. The van der Waals surface area contributed by atoms with Gasteiger partial charge in [0.05, 0.1) is 28.3 Å². The van der Waals surface area contributed by atoms with Crippen molar-refractivity contribution in [3.8, 4) is 0 Å². The van der Waals surface area contributed by atoms with Crippen molar-refractivity contribution in [2.75, 3.05) is 13.7 Å². The van der Waals surface area contributed by atoms with Crippen molar-refractivity contribution in [3.05, 3.63) is 58.6 Å². The standard InChI is InChI=1S/C19H21ClN2O7S2/c1-29-18(23)8-5-9-22-19(24)14-10-17(31(21,27)28)15(20)11-16(14)30(25,26)12-13-6-3-2-4-7-13/h2-4,6-7,10-11H,5,8-9,12H2,1H3,(H,22,24)(H2,21,27,28). The van der Waals surface area contributed by atoms with Crippen LogP contribution in [-0.2, 0) is 35.1 Å². The zero-order valence-corrected chi connectivity index (χ0v) is 18.9. The Hall–Kier alpha value is -2.47. The summed E-state index contributed by atoms with van der Waals surface area (Å²) >= 11 is 5.97. The smallest absolute Gasteiger partial charge is 0.305 e. The topological polar surface area (TPSA) is 150 Å². The maximum Gasteiger partial charge on any atom is 0.305 e. The van der Waals surface area contributed by atoms with Gasteiger partial charge < -0.3 is 10.1 Å². The van der Waals surface area contributed by atoms with E-state index in [2.05, 4.69) is 10.1 Å². The number of sulfonamides is 1. The van der Waals surface area contributed by atoms with Crippen LogP contribution in [0.5, 0.6) is 0 Å². The van der Waals surface area contributed by atoms with Crippen LogP contribution < -0.4 is 10.5 Å². The van der Waals surface area contributed by atoms with Crippen LogP contribution >= 0.6 is 11.6 Å². The predicted octanol–water partition coefficient (Wildman–Crippen LogP) is 1.64. The number of primary sulfonamides is 1. The van der Waals surface area contributed by atoms with Gasteiger partial charge >= 0.3 is 5.97 Å². The minimum atomic E-state index is -4.32. The van der Waals surface area contributed by atoms with Crippen molar-refractivity contribution in [2.24, 2.45) is 5.14 Å². The molecule has 0 heterocycles. The molecule has 0 aliphatic carbocycles. The Morgan fingerprint density at radius 3 is 2.29 bits per heavy atom. The minimum absolute atomic E-state index is 0.0272. The molecule has 2 aromatic carbocycles. The van der Waals surface area contributed by atoms with Crippen molar-refractivity contribution in [3.63, 3.8) is 0 Å². The molecule has 168 valence electrons. The Morgan fingerprint density at radius 2 is 1.71 bits per heavy atom. The third-order valence-electron chi connectivity index (χ3n) is 4.19. The van der Waals surface area contributed by atoms with Crippen LogP contribution in [0.4, 0.5) is 0 Å². The van der Waals surface area contributed by atoms with Crippen LogP contribution in [0.2, 0.25) is 5.02 Å². The molecule has 0 atom stereocenters. The number of sulfone groups is 1. The fourth-order valence-electron chi connectivity index (χ4n) is 2.69. The van der Waals surface area contributed by atoms with Gasteiger partial charge in [-0.1, -0.05) is 41.9 Å². The highest BCUT2D eigenvalue weighted by Gasteiger charge is 2.27. The molecule has 0 fully saturated rings. The number of hydrogen-bond donors (Lipinski definition) is 2. The lowest BCUT2D eigenvalue weighted by atomic mass is 10.2. The third-order valence-corrected chi connectivity index (χ3v) is 7.29. The van der Waals surface area contributed by atoms with Gasteiger partial charge in [-0.15, -0.1) is 0 Å². The van der Waals surface area contributed by atoms with Crippen LogP contribution in [0, 0.1) is 0 Å². The summed E-state index contributed by atoms with van der Waals surface area (Å²) in [6.45, 7) is 0.0272. The van der Waals surface area contributed by atoms with E-state index in [9.17, 15) is 26.4 Å². The lowest BCUT2D eigenvalue weighted by molar-refractivity contribution is -0.140. The maximum absolute atomic E-state index is 13.0. The third kappa shape index (κ3) is 6.76. The van der Waals surface area contributed by atoms with Gasteiger partial charge in [-0.2, -0.15) is 0 Å². The Bertz CT molecular complexity index is 1180. The molecular formula is C19H21ClN2O7S2. The lowest BCUT2D eigenvalue weighted by Gasteiger charge is -2.14. The molecule has 0 aliphatic rings. The highest BCUT2D eigenvalue weighted by Crippen LogP contribution is 2.29. The van der Waals surface area contributed by atoms with E-state index in [0.29, 0.717) is 5.56 Å². The average molecular weight is 489 g/mol. The van der Waals surface area contributed by atoms with Crippen LogP contribution in [-0.4, -0.2) is 42.4 Å². The summed E-state index contributed by atoms with van der Waals surface area (Å²) in [4.78, 5) is 22.9. The Morgan fingerprint density at radius 1 is 1.06 bits per heavy atom. The van der Waals surface area contributed by atoms with E-state index in [1.807, 2.05) is 0 Å². The second kappa shape index (κ2) is 10.2. The predicted molar refractivity (Wildman–Crippen MR) is 114 cm³/mol. The van der Waals surface area contributed by atoms with Crippen molar-refractivity contribution < 1.29 is 31.2 Å². The summed E-state index contributed by atoms with van der Waals surface area (Å²) in [7, 11) is -7.17. The first-order valence-corrected chi connectivity index (χ1v) is 12.5. The normalized spacial score (nSPS) is 11.7. The van der Waals surface area contributed by atoms with E-state index >= 15 is 0 Å². The number of benzene rings is 2. The number of methoxy groups -OCH3 is 1. The van der Waals surface area contributed by atoms with Crippen LogP contribution in [0.1, 0.15) is 28.8 Å². The fraction of sp³-hybridized carbons (Fsp3) is 0.263. The molecule has 9 nitrogen and oxygen atoms in total. The number of carbonyl (C=O) groups excluding carboxylic acids is 2. The zero-order valence-electron chi connectivity index (χ0n) is 16.5. The number of rotatable bonds is 9. The molecule has 0 unspecified atom stereocenters. The molecule has 2 rings (SSSR count). The molecule has 12 heteroatoms. The summed E-state index contributed by atoms with van der Waals surface area (Å²) in [5.41, 5.74) is 0.0565. The Balaban J connectivity index is 2.43. The second-order valence-electron chi connectivity index (χ2n) is 6.50. The molecular weight excluding hydrogens is 468 g/mol. The number of halogens is 1. The maximum atomic E-state index is 13.0. The molecule has 3 N–H and O–H groups in total. The van der Waals surface area contributed by atoms with Gasteiger partial charge in [0.2, 0.25) is 10.0 Å². The monoisotopic (exact) mass is 488 g/mol. The largest absolute Gasteiger partial charge is 0.469 e. The molecule has 0 aromatic heterocycles. The molecule has 31 heavy (non-hydrogen) atoms. The SMILES string of the molecule is COC(=O)CCCNC(=O)c1cc(S(N)(=O)=O)c(Cl)cc1S(=O)(=O)Cc1ccccc1. The first-order chi connectivity index (χ1) is 14.5. The van der Waals surface area contributed by atoms with E-state index in [-0.39, 0.29) is 19.4 Å². The number of nitrogens with one attached hydrogen (secondary N) is 1. The minimum Gasteiger partial charge on any atom is -0.469 e. The molecule has 0 saturated heterocycles. The molecule has 2 aromatic rings. The van der Waals surface area contributed by atoms with E-state index in [4.69, 9.17) is 16.7 Å². The number of amides is 1. The van der Waals surface area contributed by atoms with Crippen LogP contribution in [0.15, 0.2) is 52.3 Å². The molecule has 0 saturated carbocycles. The van der Waals surface area contributed by atoms with Crippen molar-refractivity contribution in [2.45, 2.75) is 28.4 Å². The van der Waals surface area contributed by atoms with Crippen LogP contribution in [0.25, 0.3) is 0 Å². The van der Waals surface area contributed by atoms with E-state index in [1.165, 1.54) is 7.11 Å². The highest BCUT2D eigenvalue weighted by atomic mass is 35.5. The fourth-order valence-corrected chi connectivity index (χ4v) is 5.43. The molecule has 0 spiro atoms. The van der Waals surface area contributed by atoms with Crippen molar-refractivity contribution in [1.82, 2.24) is 5.32 Å². The quantitative estimate of drug-likeness (QED) is 0.402. The van der Waals surface area contributed by atoms with Crippen molar-refractivity contribution >= 4 is 43.3 Å². The lowest BCUT2D eigenvalue weighted by Crippen LogP contribution is -2.27. The summed E-state index contributed by atoms with van der Waals surface area (Å²) in [6, 6.07) is 10.00. The van der Waals surface area contributed by atoms with Gasteiger partial charge in [-0.3, -0.25) is 9.59 Å². The zero-order chi connectivity index (χ0) is 23.2. The molecule has 1 amide bonds. The number of carbonyl (C=O) groups is 2. The summed E-state index contributed by atoms with van der Waals surface area (Å²) in [6.07, 6.45) is 0.277. The Labute approximate surface area is 185 Å². The van der Waals surface area contributed by atoms with E-state index in [0.717, 1.165) is 12.1 Å². The molecule has 0 aliphatic heterocycles. The van der Waals surface area contributed by atoms with Gasteiger partial charge in [-0.25, -0.2) is 22.0 Å². The number of hydrogen-bond acceptors (Lipinski definition) is 7.